The van der Waals surface area contributed by atoms with Crippen LogP contribution in [0, 0.1) is 0 Å². The zero-order valence-corrected chi connectivity index (χ0v) is 14.7. The summed E-state index contributed by atoms with van der Waals surface area (Å²) < 4.78 is 40.5. The van der Waals surface area contributed by atoms with Gasteiger partial charge in [0.25, 0.3) is 0 Å². The number of piperazine rings is 1. The predicted octanol–water partition coefficient (Wildman–Crippen LogP) is 2.59. The van der Waals surface area contributed by atoms with E-state index in [1.807, 2.05) is 11.8 Å². The molecule has 3 aromatic rings. The molecule has 3 heterocycles. The minimum Gasteiger partial charge on any atom is -0.368 e. The van der Waals surface area contributed by atoms with Crippen molar-refractivity contribution in [3.8, 4) is 0 Å². The van der Waals surface area contributed by atoms with Crippen molar-refractivity contribution >= 4 is 22.7 Å². The summed E-state index contributed by atoms with van der Waals surface area (Å²) >= 11 is 0. The Labute approximate surface area is 153 Å². The van der Waals surface area contributed by atoms with Crippen molar-refractivity contribution in [1.82, 2.24) is 25.0 Å². The van der Waals surface area contributed by atoms with Crippen LogP contribution in [0.1, 0.15) is 12.5 Å². The van der Waals surface area contributed by atoms with Gasteiger partial charge in [-0.1, -0.05) is 11.3 Å². The second kappa shape index (κ2) is 6.67. The number of halogens is 3. The summed E-state index contributed by atoms with van der Waals surface area (Å²) in [6.07, 6.45) is -2.85. The van der Waals surface area contributed by atoms with E-state index in [1.165, 1.54) is 18.5 Å². The molecule has 0 N–H and O–H groups in total. The Hall–Kier alpha value is -2.91. The summed E-state index contributed by atoms with van der Waals surface area (Å²) in [5.41, 5.74) is 1.28. The van der Waals surface area contributed by atoms with Gasteiger partial charge in [-0.05, 0) is 25.1 Å². The molecule has 27 heavy (non-hydrogen) atoms. The highest BCUT2D eigenvalue weighted by Gasteiger charge is 2.31. The number of nitrogens with zero attached hydrogens (tertiary/aromatic N) is 7. The quantitative estimate of drug-likeness (QED) is 0.699. The molecule has 0 aliphatic carbocycles. The van der Waals surface area contributed by atoms with Gasteiger partial charge >= 0.3 is 6.18 Å². The molecule has 1 aromatic carbocycles. The lowest BCUT2D eigenvalue weighted by Gasteiger charge is -2.36. The number of hydrogen-bond donors (Lipinski definition) is 0. The number of fused-ring (bicyclic) bond motifs is 1. The maximum absolute atomic E-state index is 12.9. The van der Waals surface area contributed by atoms with Crippen molar-refractivity contribution in [2.45, 2.75) is 19.6 Å². The number of hydrogen-bond acceptors (Lipinski definition) is 6. The number of aryl methyl sites for hydroxylation is 1. The molecular formula is C17H18F3N7. The summed E-state index contributed by atoms with van der Waals surface area (Å²) in [4.78, 5) is 12.6. The van der Waals surface area contributed by atoms with Crippen molar-refractivity contribution in [3.63, 3.8) is 0 Å². The Balaban J connectivity index is 1.52. The van der Waals surface area contributed by atoms with E-state index in [-0.39, 0.29) is 0 Å². The van der Waals surface area contributed by atoms with E-state index in [0.717, 1.165) is 6.07 Å². The Morgan fingerprint density at radius 1 is 1.04 bits per heavy atom. The normalized spacial score (nSPS) is 15.6. The van der Waals surface area contributed by atoms with E-state index in [0.29, 0.717) is 55.4 Å². The molecule has 0 radical (unpaired) electrons. The first-order chi connectivity index (χ1) is 13.0. The Kier molecular flexibility index (Phi) is 4.33. The fourth-order valence-electron chi connectivity index (χ4n) is 3.28. The van der Waals surface area contributed by atoms with Gasteiger partial charge in [-0.25, -0.2) is 14.6 Å². The lowest BCUT2D eigenvalue weighted by molar-refractivity contribution is -0.137. The van der Waals surface area contributed by atoms with Crippen LogP contribution in [0.25, 0.3) is 11.2 Å². The molecule has 1 saturated heterocycles. The molecule has 1 aliphatic heterocycles. The maximum Gasteiger partial charge on any atom is 0.416 e. The molecular weight excluding hydrogens is 359 g/mol. The number of rotatable bonds is 3. The van der Waals surface area contributed by atoms with Crippen LogP contribution in [-0.4, -0.2) is 51.1 Å². The fourth-order valence-corrected chi connectivity index (χ4v) is 3.28. The van der Waals surface area contributed by atoms with Crippen molar-refractivity contribution in [1.29, 1.82) is 0 Å². The zero-order valence-electron chi connectivity index (χ0n) is 14.7. The molecule has 4 rings (SSSR count). The average Bonchev–Trinajstić information content (AvgIpc) is 3.11. The Morgan fingerprint density at radius 3 is 2.48 bits per heavy atom. The molecule has 0 bridgehead atoms. The SMILES string of the molecule is CCn1nnc2c(N3CCN(c4cccc(C(F)(F)F)c4)CC3)ncnc21. The van der Waals surface area contributed by atoms with Gasteiger partial charge in [0.15, 0.2) is 17.0 Å². The smallest absolute Gasteiger partial charge is 0.368 e. The zero-order chi connectivity index (χ0) is 19.0. The molecule has 0 unspecified atom stereocenters. The van der Waals surface area contributed by atoms with Gasteiger partial charge < -0.3 is 9.80 Å². The highest BCUT2D eigenvalue weighted by molar-refractivity contribution is 5.82. The van der Waals surface area contributed by atoms with Gasteiger partial charge in [-0.3, -0.25) is 0 Å². The molecule has 1 aliphatic rings. The minimum absolute atomic E-state index is 0.578. The van der Waals surface area contributed by atoms with E-state index < -0.39 is 11.7 Å². The molecule has 142 valence electrons. The second-order valence-electron chi connectivity index (χ2n) is 6.30. The lowest BCUT2D eigenvalue weighted by atomic mass is 10.1. The Bertz CT molecular complexity index is 945. The van der Waals surface area contributed by atoms with Crippen LogP contribution in [0.5, 0.6) is 0 Å². The standard InChI is InChI=1S/C17H18F3N7/c1-2-27-16-14(23-24-27)15(21-11-22-16)26-8-6-25(7-9-26)13-5-3-4-12(10-13)17(18,19)20/h3-5,10-11H,2,6-9H2,1H3. The van der Waals surface area contributed by atoms with Crippen molar-refractivity contribution in [2.75, 3.05) is 36.0 Å². The number of anilines is 2. The largest absolute Gasteiger partial charge is 0.416 e. The van der Waals surface area contributed by atoms with Gasteiger partial charge in [0.05, 0.1) is 5.56 Å². The summed E-state index contributed by atoms with van der Waals surface area (Å²) in [6.45, 7) is 5.06. The third-order valence-electron chi connectivity index (χ3n) is 4.70. The topological polar surface area (TPSA) is 63.0 Å². The van der Waals surface area contributed by atoms with E-state index in [1.54, 1.807) is 10.7 Å². The summed E-state index contributed by atoms with van der Waals surface area (Å²) in [6, 6.07) is 5.45. The highest BCUT2D eigenvalue weighted by atomic mass is 19.4. The number of benzene rings is 1. The predicted molar refractivity (Wildman–Crippen MR) is 94.7 cm³/mol. The number of alkyl halides is 3. The number of aromatic nitrogens is 5. The van der Waals surface area contributed by atoms with Crippen LogP contribution < -0.4 is 9.80 Å². The van der Waals surface area contributed by atoms with Gasteiger partial charge in [-0.2, -0.15) is 13.2 Å². The molecule has 0 atom stereocenters. The first kappa shape index (κ1) is 17.5. The van der Waals surface area contributed by atoms with E-state index >= 15 is 0 Å². The average molecular weight is 377 g/mol. The van der Waals surface area contributed by atoms with Crippen LogP contribution in [-0.2, 0) is 12.7 Å². The molecule has 7 nitrogen and oxygen atoms in total. The van der Waals surface area contributed by atoms with Crippen LogP contribution >= 0.6 is 0 Å². The molecule has 0 saturated carbocycles. The van der Waals surface area contributed by atoms with Crippen LogP contribution in [0.3, 0.4) is 0 Å². The van der Waals surface area contributed by atoms with E-state index in [9.17, 15) is 13.2 Å². The molecule has 2 aromatic heterocycles. The molecule has 10 heteroatoms. The van der Waals surface area contributed by atoms with Gasteiger partial charge in [0.2, 0.25) is 0 Å². The maximum atomic E-state index is 12.9. The van der Waals surface area contributed by atoms with Crippen LogP contribution in [0.2, 0.25) is 0 Å². The monoisotopic (exact) mass is 377 g/mol. The Morgan fingerprint density at radius 2 is 1.78 bits per heavy atom. The van der Waals surface area contributed by atoms with Gasteiger partial charge in [0, 0.05) is 38.4 Å². The van der Waals surface area contributed by atoms with Gasteiger partial charge in [0.1, 0.15) is 6.33 Å². The highest BCUT2D eigenvalue weighted by Crippen LogP contribution is 2.32. The van der Waals surface area contributed by atoms with E-state index in [4.69, 9.17) is 0 Å². The molecule has 1 fully saturated rings. The summed E-state index contributed by atoms with van der Waals surface area (Å²) in [7, 11) is 0. The van der Waals surface area contributed by atoms with Gasteiger partial charge in [-0.15, -0.1) is 5.10 Å². The first-order valence-corrected chi connectivity index (χ1v) is 8.68. The third-order valence-corrected chi connectivity index (χ3v) is 4.70. The molecule has 0 amide bonds. The van der Waals surface area contributed by atoms with Crippen molar-refractivity contribution in [3.05, 3.63) is 36.2 Å². The van der Waals surface area contributed by atoms with Crippen LogP contribution in [0.4, 0.5) is 24.7 Å². The van der Waals surface area contributed by atoms with E-state index in [2.05, 4.69) is 25.2 Å². The minimum atomic E-state index is -4.34. The fraction of sp³-hybridized carbons (Fsp3) is 0.412. The molecule has 0 spiro atoms. The summed E-state index contributed by atoms with van der Waals surface area (Å²) in [5, 5.41) is 8.27. The lowest BCUT2D eigenvalue weighted by Crippen LogP contribution is -2.47. The van der Waals surface area contributed by atoms with Crippen LogP contribution in [0.15, 0.2) is 30.6 Å². The first-order valence-electron chi connectivity index (χ1n) is 8.68. The van der Waals surface area contributed by atoms with Crippen molar-refractivity contribution < 1.29 is 13.2 Å². The second-order valence-corrected chi connectivity index (χ2v) is 6.30. The van der Waals surface area contributed by atoms with Crippen molar-refractivity contribution in [2.24, 2.45) is 0 Å². The summed E-state index contributed by atoms with van der Waals surface area (Å²) in [5.74, 6) is 0.711. The third kappa shape index (κ3) is 3.26.